The number of benzene rings is 1. The fourth-order valence-electron chi connectivity index (χ4n) is 2.39. The van der Waals surface area contributed by atoms with Crippen LogP contribution in [0.5, 0.6) is 5.75 Å². The first-order chi connectivity index (χ1) is 7.16. The molecule has 0 radical (unpaired) electrons. The van der Waals surface area contributed by atoms with Crippen LogP contribution in [0.3, 0.4) is 0 Å². The van der Waals surface area contributed by atoms with Crippen LogP contribution in [0.2, 0.25) is 0 Å². The Bertz CT molecular complexity index is 399. The molecule has 3 heteroatoms. The summed E-state index contributed by atoms with van der Waals surface area (Å²) >= 11 is 3.43. The molecule has 2 nitrogen and oxygen atoms in total. The predicted molar refractivity (Wildman–Crippen MR) is 63.1 cm³/mol. The van der Waals surface area contributed by atoms with Gasteiger partial charge in [0.25, 0.3) is 0 Å². The molecule has 0 bridgehead atoms. The maximum atomic E-state index is 9.93. The minimum Gasteiger partial charge on any atom is -0.506 e. The van der Waals surface area contributed by atoms with Crippen molar-refractivity contribution in [3.63, 3.8) is 0 Å². The van der Waals surface area contributed by atoms with E-state index in [0.29, 0.717) is 5.56 Å². The molecule has 0 saturated carbocycles. The third-order valence-electron chi connectivity index (χ3n) is 3.29. The van der Waals surface area contributed by atoms with E-state index in [2.05, 4.69) is 15.9 Å². The first-order valence-corrected chi connectivity index (χ1v) is 6.08. The van der Waals surface area contributed by atoms with E-state index in [1.54, 1.807) is 0 Å². The van der Waals surface area contributed by atoms with E-state index in [4.69, 9.17) is 0 Å². The fraction of sp³-hybridized carbons (Fsp3) is 0.500. The first kappa shape index (κ1) is 11.0. The summed E-state index contributed by atoms with van der Waals surface area (Å²) in [5, 5.41) is 19.2. The van der Waals surface area contributed by atoms with Gasteiger partial charge in [0.2, 0.25) is 0 Å². The van der Waals surface area contributed by atoms with Gasteiger partial charge in [-0.25, -0.2) is 0 Å². The van der Waals surface area contributed by atoms with Gasteiger partial charge in [0.1, 0.15) is 5.75 Å². The van der Waals surface area contributed by atoms with Crippen LogP contribution in [0.15, 0.2) is 4.47 Å². The molecule has 2 rings (SSSR count). The smallest absolute Gasteiger partial charge is 0.135 e. The Morgan fingerprint density at radius 1 is 1.20 bits per heavy atom. The first-order valence-electron chi connectivity index (χ1n) is 5.29. The standard InChI is InChI=1S/C12H15BrO2/c1-7-8-4-2-3-5-9(8)11(13)12(15)10(7)6-14/h14-15H,2-6H2,1H3. The summed E-state index contributed by atoms with van der Waals surface area (Å²) in [5.74, 6) is 0.218. The Labute approximate surface area is 98.1 Å². The minimum atomic E-state index is -0.0937. The van der Waals surface area contributed by atoms with Gasteiger partial charge in [-0.2, -0.15) is 0 Å². The summed E-state index contributed by atoms with van der Waals surface area (Å²) in [6.45, 7) is 1.89. The van der Waals surface area contributed by atoms with Crippen molar-refractivity contribution in [3.05, 3.63) is 26.7 Å². The van der Waals surface area contributed by atoms with Crippen molar-refractivity contribution in [1.29, 1.82) is 0 Å². The summed E-state index contributed by atoms with van der Waals surface area (Å²) in [6, 6.07) is 0. The van der Waals surface area contributed by atoms with Crippen molar-refractivity contribution in [2.45, 2.75) is 39.2 Å². The summed E-state index contributed by atoms with van der Waals surface area (Å²) < 4.78 is 0.784. The van der Waals surface area contributed by atoms with Crippen LogP contribution < -0.4 is 0 Å². The Morgan fingerprint density at radius 3 is 2.40 bits per heavy atom. The van der Waals surface area contributed by atoms with E-state index in [1.807, 2.05) is 6.92 Å². The second-order valence-electron chi connectivity index (χ2n) is 4.09. The van der Waals surface area contributed by atoms with Crippen molar-refractivity contribution < 1.29 is 10.2 Å². The molecule has 0 unspecified atom stereocenters. The van der Waals surface area contributed by atoms with Crippen LogP contribution in [0.4, 0.5) is 0 Å². The zero-order valence-corrected chi connectivity index (χ0v) is 10.4. The molecular formula is C12H15BrO2. The van der Waals surface area contributed by atoms with Crippen LogP contribution in [-0.2, 0) is 19.4 Å². The lowest BCUT2D eigenvalue weighted by Crippen LogP contribution is -2.08. The summed E-state index contributed by atoms with van der Waals surface area (Å²) in [7, 11) is 0. The zero-order chi connectivity index (χ0) is 11.0. The largest absolute Gasteiger partial charge is 0.506 e. The van der Waals surface area contributed by atoms with Gasteiger partial charge in [-0.05, 0) is 65.2 Å². The van der Waals surface area contributed by atoms with Gasteiger partial charge in [0.05, 0.1) is 11.1 Å². The van der Waals surface area contributed by atoms with Crippen LogP contribution in [0.1, 0.15) is 35.1 Å². The van der Waals surface area contributed by atoms with E-state index in [0.717, 1.165) is 22.9 Å². The minimum absolute atomic E-state index is 0.0937. The van der Waals surface area contributed by atoms with E-state index >= 15 is 0 Å². The average molecular weight is 271 g/mol. The van der Waals surface area contributed by atoms with Gasteiger partial charge in [-0.3, -0.25) is 0 Å². The molecule has 0 aliphatic heterocycles. The van der Waals surface area contributed by atoms with Crippen molar-refractivity contribution in [2.24, 2.45) is 0 Å². The highest BCUT2D eigenvalue weighted by Gasteiger charge is 2.21. The maximum absolute atomic E-state index is 9.93. The highest BCUT2D eigenvalue weighted by molar-refractivity contribution is 9.10. The second kappa shape index (κ2) is 4.14. The van der Waals surface area contributed by atoms with E-state index in [9.17, 15) is 10.2 Å². The molecule has 0 amide bonds. The van der Waals surface area contributed by atoms with Crippen molar-refractivity contribution in [3.8, 4) is 5.75 Å². The normalized spacial score (nSPS) is 15.1. The van der Waals surface area contributed by atoms with Gasteiger partial charge in [-0.15, -0.1) is 0 Å². The Hall–Kier alpha value is -0.540. The molecule has 82 valence electrons. The van der Waals surface area contributed by atoms with Crippen LogP contribution >= 0.6 is 15.9 Å². The number of aliphatic hydroxyl groups is 1. The lowest BCUT2D eigenvalue weighted by atomic mass is 9.86. The highest BCUT2D eigenvalue weighted by atomic mass is 79.9. The molecule has 15 heavy (non-hydrogen) atoms. The molecule has 0 spiro atoms. The van der Waals surface area contributed by atoms with Crippen molar-refractivity contribution in [1.82, 2.24) is 0 Å². The molecule has 0 saturated heterocycles. The van der Waals surface area contributed by atoms with Crippen LogP contribution in [-0.4, -0.2) is 10.2 Å². The highest BCUT2D eigenvalue weighted by Crippen LogP contribution is 2.40. The lowest BCUT2D eigenvalue weighted by molar-refractivity contribution is 0.274. The van der Waals surface area contributed by atoms with Gasteiger partial charge in [0.15, 0.2) is 0 Å². The Kier molecular flexibility index (Phi) is 3.03. The SMILES string of the molecule is Cc1c(CO)c(O)c(Br)c2c1CCCC2. The number of aliphatic hydroxyl groups excluding tert-OH is 1. The average Bonchev–Trinajstić information content (AvgIpc) is 2.27. The monoisotopic (exact) mass is 270 g/mol. The third-order valence-corrected chi connectivity index (χ3v) is 4.14. The van der Waals surface area contributed by atoms with Crippen molar-refractivity contribution >= 4 is 15.9 Å². The van der Waals surface area contributed by atoms with Gasteiger partial charge >= 0.3 is 0 Å². The molecule has 0 atom stereocenters. The summed E-state index contributed by atoms with van der Waals surface area (Å²) in [6.07, 6.45) is 4.47. The maximum Gasteiger partial charge on any atom is 0.135 e. The topological polar surface area (TPSA) is 40.5 Å². The number of rotatable bonds is 1. The van der Waals surface area contributed by atoms with Crippen molar-refractivity contribution in [2.75, 3.05) is 0 Å². The van der Waals surface area contributed by atoms with Crippen LogP contribution in [0.25, 0.3) is 0 Å². The zero-order valence-electron chi connectivity index (χ0n) is 8.81. The van der Waals surface area contributed by atoms with Gasteiger partial charge in [-0.1, -0.05) is 0 Å². The molecule has 1 aromatic carbocycles. The molecule has 1 aliphatic rings. The van der Waals surface area contributed by atoms with Gasteiger partial charge < -0.3 is 10.2 Å². The summed E-state index contributed by atoms with van der Waals surface area (Å²) in [5.41, 5.74) is 4.28. The molecule has 0 heterocycles. The fourth-order valence-corrected chi connectivity index (χ4v) is 3.07. The van der Waals surface area contributed by atoms with Gasteiger partial charge in [0, 0.05) is 5.56 Å². The molecule has 2 N–H and O–H groups in total. The van der Waals surface area contributed by atoms with Crippen LogP contribution in [0, 0.1) is 6.92 Å². The predicted octanol–water partition coefficient (Wildman–Crippen LogP) is 2.83. The molecular weight excluding hydrogens is 256 g/mol. The molecule has 0 fully saturated rings. The quantitative estimate of drug-likeness (QED) is 0.824. The molecule has 1 aliphatic carbocycles. The second-order valence-corrected chi connectivity index (χ2v) is 4.88. The number of halogens is 1. The summed E-state index contributed by atoms with van der Waals surface area (Å²) in [4.78, 5) is 0. The number of hydrogen-bond acceptors (Lipinski definition) is 2. The third kappa shape index (κ3) is 1.68. The van der Waals surface area contributed by atoms with E-state index in [-0.39, 0.29) is 12.4 Å². The Balaban J connectivity index is 2.69. The van der Waals surface area contributed by atoms with E-state index in [1.165, 1.54) is 24.0 Å². The molecule has 1 aromatic rings. The van der Waals surface area contributed by atoms with E-state index < -0.39 is 0 Å². The number of phenols is 1. The Morgan fingerprint density at radius 2 is 1.80 bits per heavy atom. The number of fused-ring (bicyclic) bond motifs is 1. The lowest BCUT2D eigenvalue weighted by Gasteiger charge is -2.23. The number of aromatic hydroxyl groups is 1. The molecule has 0 aromatic heterocycles. The number of hydrogen-bond donors (Lipinski definition) is 2.